The van der Waals surface area contributed by atoms with Gasteiger partial charge in [0.25, 0.3) is 5.91 Å². The Kier molecular flexibility index (Phi) is 7.73. The van der Waals surface area contributed by atoms with Gasteiger partial charge in [-0.05, 0) is 57.2 Å². The number of benzene rings is 1. The molecule has 1 saturated heterocycles. The van der Waals surface area contributed by atoms with Crippen LogP contribution in [0.2, 0.25) is 0 Å². The number of rotatable bonds is 9. The van der Waals surface area contributed by atoms with E-state index in [0.717, 1.165) is 17.0 Å². The van der Waals surface area contributed by atoms with E-state index in [0.29, 0.717) is 38.6 Å². The van der Waals surface area contributed by atoms with Gasteiger partial charge in [-0.1, -0.05) is 36.4 Å². The number of hydrogen-bond acceptors (Lipinski definition) is 6. The van der Waals surface area contributed by atoms with E-state index in [4.69, 9.17) is 5.73 Å². The van der Waals surface area contributed by atoms with E-state index in [1.54, 1.807) is 32.0 Å². The molecule has 0 aliphatic carbocycles. The number of piperidine rings is 1. The van der Waals surface area contributed by atoms with Crippen molar-refractivity contribution in [3.8, 4) is 0 Å². The van der Waals surface area contributed by atoms with Crippen molar-refractivity contribution >= 4 is 23.4 Å². The molecule has 2 aliphatic rings. The monoisotopic (exact) mass is 504 g/mol. The van der Waals surface area contributed by atoms with Gasteiger partial charge in [-0.25, -0.2) is 5.01 Å². The molecular weight excluding hydrogens is 468 g/mol. The molecule has 196 valence electrons. The number of nitrogens with two attached hydrogens (primary N) is 1. The second kappa shape index (κ2) is 10.8. The summed E-state index contributed by atoms with van der Waals surface area (Å²) in [7, 11) is 1.66. The highest BCUT2D eigenvalue weighted by atomic mass is 16.2. The van der Waals surface area contributed by atoms with Crippen molar-refractivity contribution in [2.24, 2.45) is 16.3 Å². The Morgan fingerprint density at radius 1 is 1.16 bits per heavy atom. The standard InChI is InChI=1S/C28H36N6O3/c1-27(2,29)25(36)31-22(14-9-13-21-12-7-8-16-30-21)24(35)34-17-15-23-28(19-34,26(37)33(3)32-23)18-20-10-5-4-6-11-20/h4-8,10-12,16,22H,9,13-15,17-19,29H2,1-3H3,(H,31,36)/t22-,28-/m1/s1. The number of nitrogens with zero attached hydrogens (tertiary/aromatic N) is 4. The van der Waals surface area contributed by atoms with Crippen LogP contribution in [0.4, 0.5) is 0 Å². The third-order valence-corrected chi connectivity index (χ3v) is 7.11. The number of nitrogens with one attached hydrogen (secondary N) is 1. The summed E-state index contributed by atoms with van der Waals surface area (Å²) in [4.78, 5) is 46.1. The highest BCUT2D eigenvalue weighted by Crippen LogP contribution is 2.38. The maximum absolute atomic E-state index is 13.9. The lowest BCUT2D eigenvalue weighted by atomic mass is 9.73. The van der Waals surface area contributed by atoms with Gasteiger partial charge in [0, 0.05) is 38.4 Å². The van der Waals surface area contributed by atoms with Crippen molar-refractivity contribution in [2.75, 3.05) is 20.1 Å². The normalized spacial score (nSPS) is 20.3. The van der Waals surface area contributed by atoms with Gasteiger partial charge in [0.05, 0.1) is 11.3 Å². The summed E-state index contributed by atoms with van der Waals surface area (Å²) in [6.07, 6.45) is 4.50. The van der Waals surface area contributed by atoms with Crippen molar-refractivity contribution < 1.29 is 14.4 Å². The van der Waals surface area contributed by atoms with Crippen LogP contribution in [0.5, 0.6) is 0 Å². The van der Waals surface area contributed by atoms with Crippen LogP contribution in [0, 0.1) is 5.41 Å². The molecule has 9 heteroatoms. The Morgan fingerprint density at radius 2 is 1.89 bits per heavy atom. The fraction of sp³-hybridized carbons (Fsp3) is 0.464. The van der Waals surface area contributed by atoms with E-state index in [1.165, 1.54) is 5.01 Å². The molecule has 1 aromatic heterocycles. The van der Waals surface area contributed by atoms with E-state index >= 15 is 0 Å². The number of fused-ring (bicyclic) bond motifs is 1. The number of likely N-dealkylation sites (tertiary alicyclic amines) is 1. The average Bonchev–Trinajstić information content (AvgIpc) is 3.12. The SMILES string of the molecule is CN1N=C2CCN(C(=O)[C@@H](CCCc3ccccn3)NC(=O)C(C)(C)N)C[C@@]2(Cc2ccccc2)C1=O. The molecule has 2 aliphatic heterocycles. The summed E-state index contributed by atoms with van der Waals surface area (Å²) in [6.45, 7) is 3.89. The van der Waals surface area contributed by atoms with Crippen molar-refractivity contribution in [1.82, 2.24) is 20.2 Å². The van der Waals surface area contributed by atoms with Crippen LogP contribution in [0.3, 0.4) is 0 Å². The fourth-order valence-corrected chi connectivity index (χ4v) is 5.07. The van der Waals surface area contributed by atoms with Crippen LogP contribution in [0.15, 0.2) is 59.8 Å². The van der Waals surface area contributed by atoms with Gasteiger partial charge in [-0.3, -0.25) is 19.4 Å². The lowest BCUT2D eigenvalue weighted by Gasteiger charge is -2.41. The Morgan fingerprint density at radius 3 is 2.57 bits per heavy atom. The third kappa shape index (κ3) is 5.88. The molecule has 0 radical (unpaired) electrons. The Balaban J connectivity index is 1.54. The third-order valence-electron chi connectivity index (χ3n) is 7.11. The number of amides is 3. The van der Waals surface area contributed by atoms with E-state index < -0.39 is 22.9 Å². The van der Waals surface area contributed by atoms with Gasteiger partial charge in [-0.15, -0.1) is 0 Å². The first-order valence-corrected chi connectivity index (χ1v) is 12.8. The zero-order valence-electron chi connectivity index (χ0n) is 21.8. The molecule has 0 bridgehead atoms. The number of carbonyl (C=O) groups is 3. The van der Waals surface area contributed by atoms with Gasteiger partial charge in [0.1, 0.15) is 11.5 Å². The Bertz CT molecular complexity index is 1160. The molecule has 2 atom stereocenters. The van der Waals surface area contributed by atoms with Gasteiger partial charge in [0.2, 0.25) is 11.8 Å². The number of hydrogen-bond donors (Lipinski definition) is 2. The first-order chi connectivity index (χ1) is 17.6. The number of carbonyl (C=O) groups excluding carboxylic acids is 3. The second-order valence-electron chi connectivity index (χ2n) is 10.6. The maximum atomic E-state index is 13.9. The topological polar surface area (TPSA) is 121 Å². The molecule has 3 amide bonds. The van der Waals surface area contributed by atoms with E-state index in [1.807, 2.05) is 48.5 Å². The minimum Gasteiger partial charge on any atom is -0.343 e. The molecule has 37 heavy (non-hydrogen) atoms. The summed E-state index contributed by atoms with van der Waals surface area (Å²) in [5.41, 5.74) is 6.75. The fourth-order valence-electron chi connectivity index (χ4n) is 5.07. The molecule has 0 spiro atoms. The minimum atomic E-state index is -1.13. The number of aryl methyl sites for hydroxylation is 1. The van der Waals surface area contributed by atoms with Gasteiger partial charge < -0.3 is 16.0 Å². The average molecular weight is 505 g/mol. The number of hydrazone groups is 1. The quantitative estimate of drug-likeness (QED) is 0.540. The van der Waals surface area contributed by atoms with Gasteiger partial charge in [0.15, 0.2) is 0 Å². The number of pyridine rings is 1. The molecule has 1 fully saturated rings. The van der Waals surface area contributed by atoms with Crippen LogP contribution in [0.1, 0.15) is 44.4 Å². The first kappa shape index (κ1) is 26.5. The summed E-state index contributed by atoms with van der Waals surface area (Å²) in [5, 5.41) is 8.81. The molecule has 3 N–H and O–H groups in total. The van der Waals surface area contributed by atoms with Crippen molar-refractivity contribution in [1.29, 1.82) is 0 Å². The van der Waals surface area contributed by atoms with Gasteiger partial charge >= 0.3 is 0 Å². The van der Waals surface area contributed by atoms with Crippen molar-refractivity contribution in [2.45, 2.75) is 57.5 Å². The second-order valence-corrected chi connectivity index (χ2v) is 10.6. The predicted octanol–water partition coefficient (Wildman–Crippen LogP) is 1.92. The summed E-state index contributed by atoms with van der Waals surface area (Å²) >= 11 is 0. The van der Waals surface area contributed by atoms with Crippen LogP contribution >= 0.6 is 0 Å². The van der Waals surface area contributed by atoms with Gasteiger partial charge in [-0.2, -0.15) is 5.10 Å². The maximum Gasteiger partial charge on any atom is 0.256 e. The molecule has 4 rings (SSSR count). The largest absolute Gasteiger partial charge is 0.343 e. The minimum absolute atomic E-state index is 0.109. The molecule has 2 aromatic rings. The lowest BCUT2D eigenvalue weighted by molar-refractivity contribution is -0.142. The Hall–Kier alpha value is -3.59. The summed E-state index contributed by atoms with van der Waals surface area (Å²) < 4.78 is 0. The zero-order chi connectivity index (χ0) is 26.6. The Labute approximate surface area is 218 Å². The van der Waals surface area contributed by atoms with E-state index in [9.17, 15) is 14.4 Å². The first-order valence-electron chi connectivity index (χ1n) is 12.8. The number of aromatic nitrogens is 1. The molecule has 3 heterocycles. The van der Waals surface area contributed by atoms with Crippen LogP contribution in [-0.4, -0.2) is 70.0 Å². The van der Waals surface area contributed by atoms with Crippen molar-refractivity contribution in [3.05, 3.63) is 66.0 Å². The lowest BCUT2D eigenvalue weighted by Crippen LogP contribution is -2.60. The highest BCUT2D eigenvalue weighted by molar-refractivity contribution is 6.13. The molecule has 0 unspecified atom stereocenters. The van der Waals surface area contributed by atoms with Crippen LogP contribution in [-0.2, 0) is 27.2 Å². The van der Waals surface area contributed by atoms with Crippen LogP contribution in [0.25, 0.3) is 0 Å². The zero-order valence-corrected chi connectivity index (χ0v) is 21.8. The summed E-state index contributed by atoms with van der Waals surface area (Å²) in [5.74, 6) is -0.700. The highest BCUT2D eigenvalue weighted by Gasteiger charge is 2.53. The van der Waals surface area contributed by atoms with Crippen molar-refractivity contribution in [3.63, 3.8) is 0 Å². The van der Waals surface area contributed by atoms with E-state index in [-0.39, 0.29) is 18.4 Å². The molecule has 1 aromatic carbocycles. The van der Waals surface area contributed by atoms with E-state index in [2.05, 4.69) is 15.4 Å². The van der Waals surface area contributed by atoms with Crippen LogP contribution < -0.4 is 11.1 Å². The smallest absolute Gasteiger partial charge is 0.256 e. The summed E-state index contributed by atoms with van der Waals surface area (Å²) in [6, 6.07) is 14.8. The molecule has 0 saturated carbocycles. The molecule has 9 nitrogen and oxygen atoms in total. The predicted molar refractivity (Wildman–Crippen MR) is 141 cm³/mol. The molecular formula is C28H36N6O3.